The van der Waals surface area contributed by atoms with E-state index in [0.29, 0.717) is 24.8 Å². The molecule has 6 heteroatoms. The smallest absolute Gasteiger partial charge is 0.416 e. The first-order valence-electron chi connectivity index (χ1n) is 8.82. The predicted octanol–water partition coefficient (Wildman–Crippen LogP) is 3.53. The van der Waals surface area contributed by atoms with E-state index >= 15 is 0 Å². The summed E-state index contributed by atoms with van der Waals surface area (Å²) in [5, 5.41) is 0. The molecule has 0 spiro atoms. The van der Waals surface area contributed by atoms with Crippen LogP contribution in [0.2, 0.25) is 0 Å². The second kappa shape index (κ2) is 6.75. The quantitative estimate of drug-likeness (QED) is 0.834. The maximum absolute atomic E-state index is 14.5. The molecule has 0 saturated carbocycles. The van der Waals surface area contributed by atoms with E-state index in [9.17, 15) is 14.0 Å². The van der Waals surface area contributed by atoms with Gasteiger partial charge in [-0.3, -0.25) is 4.79 Å². The molecule has 0 aliphatic carbocycles. The number of hydrogen-bond acceptors (Lipinski definition) is 4. The lowest BCUT2D eigenvalue weighted by Gasteiger charge is -2.28. The highest BCUT2D eigenvalue weighted by molar-refractivity contribution is 5.95. The zero-order valence-electron chi connectivity index (χ0n) is 14.9. The molecule has 3 rings (SSSR count). The van der Waals surface area contributed by atoms with Crippen LogP contribution in [0.3, 0.4) is 0 Å². The van der Waals surface area contributed by atoms with Crippen LogP contribution in [0.15, 0.2) is 18.2 Å². The van der Waals surface area contributed by atoms with Gasteiger partial charge in [-0.2, -0.15) is 0 Å². The first-order chi connectivity index (χ1) is 11.9. The van der Waals surface area contributed by atoms with E-state index < -0.39 is 17.6 Å². The van der Waals surface area contributed by atoms with Gasteiger partial charge in [-0.1, -0.05) is 26.0 Å². The number of imide groups is 1. The lowest BCUT2D eigenvalue weighted by Crippen LogP contribution is -2.42. The number of halogens is 1. The number of cyclic esters (lactones) is 1. The summed E-state index contributed by atoms with van der Waals surface area (Å²) in [6.45, 7) is 6.08. The summed E-state index contributed by atoms with van der Waals surface area (Å²) in [7, 11) is 0. The van der Waals surface area contributed by atoms with Crippen LogP contribution in [0.25, 0.3) is 0 Å². The SMILES string of the molecule is CC[C@@H]1COC(=O)N1C(=O)[C@@H]1CO[C@@](CC)(c2ccc(C)cc2F)C1. The summed E-state index contributed by atoms with van der Waals surface area (Å²) in [6.07, 6.45) is 0.977. The van der Waals surface area contributed by atoms with Gasteiger partial charge in [0, 0.05) is 5.56 Å². The summed E-state index contributed by atoms with van der Waals surface area (Å²) in [5.41, 5.74) is 0.486. The monoisotopic (exact) mass is 349 g/mol. The number of nitrogens with zero attached hydrogens (tertiary/aromatic N) is 1. The Morgan fingerprint density at radius 3 is 2.76 bits per heavy atom. The lowest BCUT2D eigenvalue weighted by molar-refractivity contribution is -0.133. The van der Waals surface area contributed by atoms with Crippen molar-refractivity contribution in [1.82, 2.24) is 4.90 Å². The molecule has 0 unspecified atom stereocenters. The molecule has 0 bridgehead atoms. The standard InChI is InChI=1S/C19H24FNO4/c1-4-14-11-24-18(23)21(14)17(22)13-9-19(5-2,25-10-13)15-7-6-12(3)8-16(15)20/h6-8,13-14H,4-5,9-11H2,1-3H3/t13-,14+,19+/m0/s1. The normalized spacial score (nSPS) is 29.1. The van der Waals surface area contributed by atoms with E-state index in [1.807, 2.05) is 26.8 Å². The number of amides is 2. The molecule has 3 atom stereocenters. The van der Waals surface area contributed by atoms with Gasteiger partial charge in [-0.25, -0.2) is 14.1 Å². The second-order valence-electron chi connectivity index (χ2n) is 6.89. The van der Waals surface area contributed by atoms with E-state index in [-0.39, 0.29) is 31.0 Å². The average molecular weight is 349 g/mol. The fraction of sp³-hybridized carbons (Fsp3) is 0.579. The maximum atomic E-state index is 14.5. The molecule has 0 radical (unpaired) electrons. The van der Waals surface area contributed by atoms with Crippen molar-refractivity contribution in [1.29, 1.82) is 0 Å². The molecule has 5 nitrogen and oxygen atoms in total. The minimum atomic E-state index is -0.830. The Morgan fingerprint density at radius 1 is 1.36 bits per heavy atom. The Bertz CT molecular complexity index is 692. The number of carbonyl (C=O) groups is 2. The molecular weight excluding hydrogens is 325 g/mol. The Balaban J connectivity index is 1.83. The molecule has 1 aromatic carbocycles. The van der Waals surface area contributed by atoms with Crippen molar-refractivity contribution in [2.24, 2.45) is 5.92 Å². The lowest BCUT2D eigenvalue weighted by atomic mass is 9.84. The van der Waals surface area contributed by atoms with Gasteiger partial charge in [0.05, 0.1) is 24.2 Å². The molecule has 2 aliphatic heterocycles. The summed E-state index contributed by atoms with van der Waals surface area (Å²) in [5.74, 6) is -1.07. The number of aryl methyl sites for hydroxylation is 1. The van der Waals surface area contributed by atoms with Crippen molar-refractivity contribution in [3.63, 3.8) is 0 Å². The van der Waals surface area contributed by atoms with Gasteiger partial charge in [-0.15, -0.1) is 0 Å². The highest BCUT2D eigenvalue weighted by Crippen LogP contribution is 2.43. The molecule has 0 aromatic heterocycles. The largest absolute Gasteiger partial charge is 0.447 e. The van der Waals surface area contributed by atoms with Gasteiger partial charge in [0.25, 0.3) is 0 Å². The zero-order valence-corrected chi connectivity index (χ0v) is 14.9. The molecule has 2 fully saturated rings. The first kappa shape index (κ1) is 17.9. The molecular formula is C19H24FNO4. The zero-order chi connectivity index (χ0) is 18.2. The third kappa shape index (κ3) is 3.03. The summed E-state index contributed by atoms with van der Waals surface area (Å²) in [4.78, 5) is 26.0. The summed E-state index contributed by atoms with van der Waals surface area (Å²) >= 11 is 0. The van der Waals surface area contributed by atoms with Crippen LogP contribution in [0.4, 0.5) is 9.18 Å². The van der Waals surface area contributed by atoms with Crippen molar-refractivity contribution >= 4 is 12.0 Å². The average Bonchev–Trinajstić information content (AvgIpc) is 3.18. The number of hydrogen-bond donors (Lipinski definition) is 0. The van der Waals surface area contributed by atoms with Crippen molar-refractivity contribution < 1.29 is 23.5 Å². The topological polar surface area (TPSA) is 55.8 Å². The molecule has 1 aromatic rings. The highest BCUT2D eigenvalue weighted by atomic mass is 19.1. The Hall–Kier alpha value is -1.95. The molecule has 2 amide bonds. The van der Waals surface area contributed by atoms with Gasteiger partial charge in [0.1, 0.15) is 12.4 Å². The fourth-order valence-electron chi connectivity index (χ4n) is 3.78. The van der Waals surface area contributed by atoms with E-state index in [0.717, 1.165) is 5.56 Å². The van der Waals surface area contributed by atoms with Crippen LogP contribution in [0.5, 0.6) is 0 Å². The molecule has 2 aliphatic rings. The number of ether oxygens (including phenoxy) is 2. The molecule has 0 N–H and O–H groups in total. The minimum absolute atomic E-state index is 0.181. The van der Waals surface area contributed by atoms with Crippen LogP contribution in [0.1, 0.15) is 44.2 Å². The van der Waals surface area contributed by atoms with Crippen molar-refractivity contribution in [2.45, 2.75) is 51.7 Å². The minimum Gasteiger partial charge on any atom is -0.447 e. The van der Waals surface area contributed by atoms with E-state index in [1.165, 1.54) is 11.0 Å². The van der Waals surface area contributed by atoms with Crippen molar-refractivity contribution in [3.8, 4) is 0 Å². The van der Waals surface area contributed by atoms with Gasteiger partial charge in [-0.05, 0) is 37.8 Å². The van der Waals surface area contributed by atoms with E-state index in [1.54, 1.807) is 6.07 Å². The van der Waals surface area contributed by atoms with Crippen molar-refractivity contribution in [2.75, 3.05) is 13.2 Å². The van der Waals surface area contributed by atoms with E-state index in [4.69, 9.17) is 9.47 Å². The molecule has 2 saturated heterocycles. The Morgan fingerprint density at radius 2 is 2.12 bits per heavy atom. The van der Waals surface area contributed by atoms with Crippen LogP contribution in [0, 0.1) is 18.7 Å². The van der Waals surface area contributed by atoms with Crippen LogP contribution < -0.4 is 0 Å². The van der Waals surface area contributed by atoms with Gasteiger partial charge in [0.15, 0.2) is 0 Å². The van der Waals surface area contributed by atoms with Crippen LogP contribution in [-0.2, 0) is 19.9 Å². The maximum Gasteiger partial charge on any atom is 0.416 e. The van der Waals surface area contributed by atoms with Gasteiger partial charge in [0.2, 0.25) is 5.91 Å². The second-order valence-corrected chi connectivity index (χ2v) is 6.89. The predicted molar refractivity (Wildman–Crippen MR) is 89.4 cm³/mol. The third-order valence-corrected chi connectivity index (χ3v) is 5.34. The summed E-state index contributed by atoms with van der Waals surface area (Å²) in [6, 6.07) is 4.84. The van der Waals surface area contributed by atoms with Crippen LogP contribution >= 0.6 is 0 Å². The third-order valence-electron chi connectivity index (χ3n) is 5.34. The number of rotatable bonds is 4. The number of benzene rings is 1. The van der Waals surface area contributed by atoms with Gasteiger partial charge < -0.3 is 9.47 Å². The Kier molecular flexibility index (Phi) is 4.82. The highest BCUT2D eigenvalue weighted by Gasteiger charge is 2.48. The summed E-state index contributed by atoms with van der Waals surface area (Å²) < 4.78 is 25.5. The van der Waals surface area contributed by atoms with Crippen molar-refractivity contribution in [3.05, 3.63) is 35.1 Å². The Labute approximate surface area is 147 Å². The molecule has 136 valence electrons. The van der Waals surface area contributed by atoms with Gasteiger partial charge >= 0.3 is 6.09 Å². The number of carbonyl (C=O) groups excluding carboxylic acids is 2. The molecule has 25 heavy (non-hydrogen) atoms. The molecule has 2 heterocycles. The fourth-order valence-corrected chi connectivity index (χ4v) is 3.78. The first-order valence-corrected chi connectivity index (χ1v) is 8.82. The van der Waals surface area contributed by atoms with Crippen LogP contribution in [-0.4, -0.2) is 36.2 Å². The van der Waals surface area contributed by atoms with E-state index in [2.05, 4.69) is 0 Å².